The first kappa shape index (κ1) is 30.5. The molecule has 1 saturated carbocycles. The van der Waals surface area contributed by atoms with Gasteiger partial charge < -0.3 is 5.11 Å². The maximum Gasteiger partial charge on any atom is 0.0540 e. The van der Waals surface area contributed by atoms with E-state index in [1.54, 1.807) is 5.57 Å². The molecular formula is C32H60O. The van der Waals surface area contributed by atoms with Crippen LogP contribution in [0.1, 0.15) is 146 Å². The van der Waals surface area contributed by atoms with E-state index in [-0.39, 0.29) is 11.5 Å². The van der Waals surface area contributed by atoms with Crippen LogP contribution in [0.25, 0.3) is 0 Å². The topological polar surface area (TPSA) is 20.2 Å². The Morgan fingerprint density at radius 3 is 2.33 bits per heavy atom. The highest BCUT2D eigenvalue weighted by Gasteiger charge is 2.43. The molecule has 0 heterocycles. The van der Waals surface area contributed by atoms with Crippen LogP contribution >= 0.6 is 0 Å². The molecule has 1 N–H and O–H groups in total. The predicted molar refractivity (Wildman–Crippen MR) is 149 cm³/mol. The molecule has 0 bridgehead atoms. The second-order valence-corrected chi connectivity index (χ2v) is 12.2. The minimum Gasteiger partial charge on any atom is -0.393 e. The van der Waals surface area contributed by atoms with Crippen molar-refractivity contribution in [2.75, 3.05) is 0 Å². The second-order valence-electron chi connectivity index (χ2n) is 12.2. The number of hydrogen-bond donors (Lipinski definition) is 1. The lowest BCUT2D eigenvalue weighted by Crippen LogP contribution is -2.38. The van der Waals surface area contributed by atoms with Crippen LogP contribution in [0.5, 0.6) is 0 Å². The van der Waals surface area contributed by atoms with Crippen LogP contribution in [-0.2, 0) is 0 Å². The zero-order chi connectivity index (χ0) is 25.1. The highest BCUT2D eigenvalue weighted by molar-refractivity contribution is 5.22. The van der Waals surface area contributed by atoms with Gasteiger partial charge in [-0.3, -0.25) is 0 Å². The Morgan fingerprint density at radius 1 is 1.12 bits per heavy atom. The van der Waals surface area contributed by atoms with Crippen LogP contribution in [0.2, 0.25) is 0 Å². The van der Waals surface area contributed by atoms with Crippen LogP contribution in [0.4, 0.5) is 0 Å². The standard InChI is InChI=1S/C24H44O.C8H16/c1-7-12-22(18(3)19(4)25)24(6,8-2)21-14-10-9-13-20-15-11-16-23(20,5)17-21;1-4-5-6-7-8(2)3/h17-20,22,25H,7-16H2,1-6H3;7H,4-6H2,1-3H3/b21-17+;/t18-,19-,20?,22?,23+,24?;/m0./s1. The van der Waals surface area contributed by atoms with Gasteiger partial charge >= 0.3 is 0 Å². The van der Waals surface area contributed by atoms with Crippen molar-refractivity contribution in [1.82, 2.24) is 0 Å². The number of fused-ring (bicyclic) bond motifs is 1. The number of aliphatic hydroxyl groups excluding tert-OH is 1. The number of rotatable bonds is 10. The SMILES string of the molecule is CCCC([C@@H](C)[C@H](C)O)C(C)(CC)/C1=C/[C@@]2(C)CCCC2CCCC1.CCCCC=C(C)C. The van der Waals surface area contributed by atoms with Crippen molar-refractivity contribution in [3.8, 4) is 0 Å². The number of aliphatic hydroxyl groups is 1. The van der Waals surface area contributed by atoms with Crippen molar-refractivity contribution in [3.63, 3.8) is 0 Å². The van der Waals surface area contributed by atoms with E-state index in [4.69, 9.17) is 0 Å². The molecule has 1 nitrogen and oxygen atoms in total. The molecule has 0 amide bonds. The molecule has 0 radical (unpaired) electrons. The van der Waals surface area contributed by atoms with Crippen LogP contribution in [0.3, 0.4) is 0 Å². The molecule has 0 aromatic rings. The molecule has 194 valence electrons. The van der Waals surface area contributed by atoms with Crippen LogP contribution in [0, 0.1) is 28.6 Å². The van der Waals surface area contributed by atoms with Gasteiger partial charge in [-0.1, -0.05) is 96.9 Å². The fourth-order valence-corrected chi connectivity index (χ4v) is 6.69. The zero-order valence-electron chi connectivity index (χ0n) is 24.1. The Bertz CT molecular complexity index is 596. The van der Waals surface area contributed by atoms with Crippen LogP contribution < -0.4 is 0 Å². The molecule has 3 unspecified atom stereocenters. The second kappa shape index (κ2) is 14.8. The highest BCUT2D eigenvalue weighted by Crippen LogP contribution is 2.54. The summed E-state index contributed by atoms with van der Waals surface area (Å²) < 4.78 is 0. The number of allylic oxidation sites excluding steroid dienone is 4. The van der Waals surface area contributed by atoms with Crippen molar-refractivity contribution in [2.24, 2.45) is 28.6 Å². The lowest BCUT2D eigenvalue weighted by molar-refractivity contribution is 0.0413. The summed E-state index contributed by atoms with van der Waals surface area (Å²) in [6.07, 6.45) is 22.1. The summed E-state index contributed by atoms with van der Waals surface area (Å²) in [5.41, 5.74) is 3.84. The lowest BCUT2D eigenvalue weighted by Gasteiger charge is -2.46. The predicted octanol–water partition coefficient (Wildman–Crippen LogP) is 10.3. The molecule has 0 aromatic carbocycles. The summed E-state index contributed by atoms with van der Waals surface area (Å²) in [5, 5.41) is 10.4. The molecule has 33 heavy (non-hydrogen) atoms. The Hall–Kier alpha value is -0.560. The maximum absolute atomic E-state index is 10.4. The van der Waals surface area contributed by atoms with Gasteiger partial charge in [0.15, 0.2) is 0 Å². The minimum absolute atomic E-state index is 0.216. The third kappa shape index (κ3) is 8.87. The maximum atomic E-state index is 10.4. The van der Waals surface area contributed by atoms with E-state index >= 15 is 0 Å². The van der Waals surface area contributed by atoms with E-state index in [0.717, 1.165) is 5.92 Å². The Kier molecular flexibility index (Phi) is 13.6. The average molecular weight is 461 g/mol. The quantitative estimate of drug-likeness (QED) is 0.254. The largest absolute Gasteiger partial charge is 0.393 e. The first-order valence-corrected chi connectivity index (χ1v) is 14.6. The van der Waals surface area contributed by atoms with Gasteiger partial charge in [-0.25, -0.2) is 0 Å². The van der Waals surface area contributed by atoms with Crippen LogP contribution in [0.15, 0.2) is 23.3 Å². The molecule has 0 saturated heterocycles. The number of hydrogen-bond acceptors (Lipinski definition) is 1. The zero-order valence-corrected chi connectivity index (χ0v) is 24.1. The van der Waals surface area contributed by atoms with Crippen LogP contribution in [-0.4, -0.2) is 11.2 Å². The van der Waals surface area contributed by atoms with Gasteiger partial charge in [-0.2, -0.15) is 0 Å². The molecule has 1 heteroatoms. The third-order valence-electron chi connectivity index (χ3n) is 9.35. The summed E-state index contributed by atoms with van der Waals surface area (Å²) in [6.45, 7) is 20.5. The molecular weight excluding hydrogens is 400 g/mol. The molecule has 2 aliphatic carbocycles. The molecule has 6 atom stereocenters. The lowest BCUT2D eigenvalue weighted by atomic mass is 9.59. The monoisotopic (exact) mass is 460 g/mol. The smallest absolute Gasteiger partial charge is 0.0540 e. The van der Waals surface area contributed by atoms with Gasteiger partial charge in [0.25, 0.3) is 0 Å². The highest BCUT2D eigenvalue weighted by atomic mass is 16.3. The fraction of sp³-hybridized carbons (Fsp3) is 0.875. The Morgan fingerprint density at radius 2 is 1.79 bits per heavy atom. The third-order valence-corrected chi connectivity index (χ3v) is 9.35. The van der Waals surface area contributed by atoms with E-state index in [9.17, 15) is 5.11 Å². The molecule has 2 rings (SSSR count). The summed E-state index contributed by atoms with van der Waals surface area (Å²) in [7, 11) is 0. The van der Waals surface area contributed by atoms with Gasteiger partial charge in [-0.05, 0) is 101 Å². The van der Waals surface area contributed by atoms with Crippen molar-refractivity contribution < 1.29 is 5.11 Å². The summed E-state index contributed by atoms with van der Waals surface area (Å²) in [4.78, 5) is 0. The van der Waals surface area contributed by atoms with Gasteiger partial charge in [-0.15, -0.1) is 0 Å². The normalized spacial score (nSPS) is 29.0. The van der Waals surface area contributed by atoms with Gasteiger partial charge in [0.1, 0.15) is 0 Å². The summed E-state index contributed by atoms with van der Waals surface area (Å²) in [6, 6.07) is 0. The molecule has 0 spiro atoms. The first-order chi connectivity index (χ1) is 15.6. The minimum atomic E-state index is -0.216. The van der Waals surface area contributed by atoms with Gasteiger partial charge in [0.05, 0.1) is 6.10 Å². The molecule has 2 aliphatic rings. The number of unbranched alkanes of at least 4 members (excludes halogenated alkanes) is 2. The van der Waals surface area contributed by atoms with E-state index in [0.29, 0.717) is 17.3 Å². The molecule has 0 aromatic heterocycles. The Labute approximate surface area is 208 Å². The van der Waals surface area contributed by atoms with Crippen molar-refractivity contribution in [1.29, 1.82) is 0 Å². The summed E-state index contributed by atoms with van der Waals surface area (Å²) in [5.74, 6) is 1.85. The summed E-state index contributed by atoms with van der Waals surface area (Å²) >= 11 is 0. The van der Waals surface area contributed by atoms with Gasteiger partial charge in [0, 0.05) is 0 Å². The Balaban J connectivity index is 0.000000582. The molecule has 0 aliphatic heterocycles. The van der Waals surface area contributed by atoms with Gasteiger partial charge in [0.2, 0.25) is 0 Å². The van der Waals surface area contributed by atoms with Crippen molar-refractivity contribution in [3.05, 3.63) is 23.3 Å². The van der Waals surface area contributed by atoms with E-state index in [2.05, 4.69) is 67.5 Å². The van der Waals surface area contributed by atoms with E-state index in [1.165, 1.54) is 89.0 Å². The van der Waals surface area contributed by atoms with Crippen molar-refractivity contribution in [2.45, 2.75) is 152 Å². The van der Waals surface area contributed by atoms with Crippen molar-refractivity contribution >= 4 is 0 Å². The first-order valence-electron chi connectivity index (χ1n) is 14.6. The average Bonchev–Trinajstić information content (AvgIpc) is 3.11. The molecule has 1 fully saturated rings. The van der Waals surface area contributed by atoms with E-state index in [1.807, 2.05) is 6.92 Å². The van der Waals surface area contributed by atoms with E-state index < -0.39 is 0 Å². The fourth-order valence-electron chi connectivity index (χ4n) is 6.69.